The summed E-state index contributed by atoms with van der Waals surface area (Å²) >= 11 is 1.75. The van der Waals surface area contributed by atoms with Crippen molar-refractivity contribution in [2.45, 2.75) is 39.8 Å². The number of fused-ring (bicyclic) bond motifs is 2. The molecule has 31 heavy (non-hydrogen) atoms. The monoisotopic (exact) mass is 431 g/mol. The Morgan fingerprint density at radius 3 is 2.68 bits per heavy atom. The predicted molar refractivity (Wildman–Crippen MR) is 124 cm³/mol. The van der Waals surface area contributed by atoms with Crippen LogP contribution in [0.1, 0.15) is 57.3 Å². The van der Waals surface area contributed by atoms with Gasteiger partial charge in [0.2, 0.25) is 5.78 Å². The Labute approximate surface area is 186 Å². The van der Waals surface area contributed by atoms with Gasteiger partial charge in [0.15, 0.2) is 5.76 Å². The van der Waals surface area contributed by atoms with Crippen LogP contribution in [0.2, 0.25) is 0 Å². The van der Waals surface area contributed by atoms with Crippen LogP contribution in [-0.2, 0) is 13.1 Å². The quantitative estimate of drug-likeness (QED) is 0.465. The van der Waals surface area contributed by atoms with Crippen molar-refractivity contribution >= 4 is 23.2 Å². The largest absolute Gasteiger partial charge is 0.477 e. The van der Waals surface area contributed by atoms with Gasteiger partial charge in [-0.3, -0.25) is 9.69 Å². The van der Waals surface area contributed by atoms with Gasteiger partial charge in [0, 0.05) is 29.1 Å². The van der Waals surface area contributed by atoms with Crippen molar-refractivity contribution in [2.75, 3.05) is 6.73 Å². The summed E-state index contributed by atoms with van der Waals surface area (Å²) in [6, 6.07) is 14.4. The molecule has 2 aromatic carbocycles. The smallest absolute Gasteiger partial charge is 0.231 e. The fourth-order valence-electron chi connectivity index (χ4n) is 4.15. The first-order valence-electron chi connectivity index (χ1n) is 10.6. The van der Waals surface area contributed by atoms with Gasteiger partial charge in [0.05, 0.1) is 5.56 Å². The van der Waals surface area contributed by atoms with E-state index in [9.17, 15) is 4.79 Å². The molecule has 0 bridgehead atoms. The third kappa shape index (κ3) is 3.80. The standard InChI is InChI=1S/C26H25NO3S/c1-16(2)19-8-6-18(7-9-19)11-23-24(28)22-12-20-13-27(14-21-5-4-10-31-21)15-29-25(20)17(3)26(22)30-23/h4-12,16H,13-15H2,1-3H3/b23-11-. The lowest BCUT2D eigenvalue weighted by Crippen LogP contribution is -2.31. The molecule has 2 aliphatic rings. The number of rotatable bonds is 4. The Bertz CT molecular complexity index is 1160. The third-order valence-corrected chi connectivity index (χ3v) is 6.72. The molecule has 0 atom stereocenters. The van der Waals surface area contributed by atoms with Crippen LogP contribution in [0.5, 0.6) is 11.5 Å². The highest BCUT2D eigenvalue weighted by atomic mass is 32.1. The van der Waals surface area contributed by atoms with Gasteiger partial charge in [0.1, 0.15) is 18.2 Å². The molecule has 0 spiro atoms. The average Bonchev–Trinajstić information content (AvgIpc) is 3.38. The zero-order valence-corrected chi connectivity index (χ0v) is 18.8. The second kappa shape index (κ2) is 7.98. The number of hydrogen-bond acceptors (Lipinski definition) is 5. The maximum Gasteiger partial charge on any atom is 0.231 e. The summed E-state index contributed by atoms with van der Waals surface area (Å²) in [7, 11) is 0. The van der Waals surface area contributed by atoms with Crippen molar-refractivity contribution in [1.82, 2.24) is 4.90 Å². The third-order valence-electron chi connectivity index (χ3n) is 5.86. The molecule has 0 amide bonds. The van der Waals surface area contributed by atoms with E-state index in [0.717, 1.165) is 35.5 Å². The van der Waals surface area contributed by atoms with E-state index in [-0.39, 0.29) is 5.78 Å². The Morgan fingerprint density at radius 2 is 1.97 bits per heavy atom. The molecule has 3 aromatic rings. The number of carbonyl (C=O) groups excluding carboxylic acids is 1. The lowest BCUT2D eigenvalue weighted by Gasteiger charge is -2.30. The molecule has 0 radical (unpaired) electrons. The zero-order valence-electron chi connectivity index (χ0n) is 18.0. The summed E-state index contributed by atoms with van der Waals surface area (Å²) in [6.45, 7) is 8.44. The number of carbonyl (C=O) groups is 1. The number of nitrogens with zero attached hydrogens (tertiary/aromatic N) is 1. The molecule has 4 nitrogen and oxygen atoms in total. The van der Waals surface area contributed by atoms with E-state index in [1.54, 1.807) is 11.3 Å². The van der Waals surface area contributed by atoms with E-state index in [1.165, 1.54) is 10.4 Å². The Balaban J connectivity index is 1.41. The van der Waals surface area contributed by atoms with E-state index < -0.39 is 0 Å². The summed E-state index contributed by atoms with van der Waals surface area (Å²) in [6.07, 6.45) is 1.83. The lowest BCUT2D eigenvalue weighted by molar-refractivity contribution is 0.0886. The number of thiophene rings is 1. The molecule has 0 aliphatic carbocycles. The van der Waals surface area contributed by atoms with Crippen molar-refractivity contribution < 1.29 is 14.3 Å². The van der Waals surface area contributed by atoms with E-state index >= 15 is 0 Å². The fourth-order valence-corrected chi connectivity index (χ4v) is 4.90. The lowest BCUT2D eigenvalue weighted by atomic mass is 9.99. The van der Waals surface area contributed by atoms with Gasteiger partial charge in [-0.1, -0.05) is 44.2 Å². The number of ether oxygens (including phenoxy) is 2. The first-order valence-corrected chi connectivity index (χ1v) is 11.5. The van der Waals surface area contributed by atoms with E-state index in [2.05, 4.69) is 48.4 Å². The number of benzene rings is 2. The predicted octanol–water partition coefficient (Wildman–Crippen LogP) is 6.15. The van der Waals surface area contributed by atoms with Gasteiger partial charge in [-0.05, 0) is 47.6 Å². The van der Waals surface area contributed by atoms with Crippen LogP contribution >= 0.6 is 11.3 Å². The van der Waals surface area contributed by atoms with Crippen molar-refractivity contribution in [2.24, 2.45) is 0 Å². The highest BCUT2D eigenvalue weighted by Crippen LogP contribution is 2.43. The first kappa shape index (κ1) is 20.0. The molecule has 0 unspecified atom stereocenters. The van der Waals surface area contributed by atoms with E-state index in [1.807, 2.05) is 31.2 Å². The molecule has 5 rings (SSSR count). The summed E-state index contributed by atoms with van der Waals surface area (Å²) < 4.78 is 12.1. The van der Waals surface area contributed by atoms with Crippen LogP contribution in [0.15, 0.2) is 53.6 Å². The highest BCUT2D eigenvalue weighted by molar-refractivity contribution is 7.09. The summed E-state index contributed by atoms with van der Waals surface area (Å²) in [5, 5.41) is 2.09. The number of allylic oxidation sites excluding steroid dienone is 1. The second-order valence-electron chi connectivity index (χ2n) is 8.47. The van der Waals surface area contributed by atoms with Crippen molar-refractivity contribution in [3.05, 3.63) is 86.3 Å². The number of ketones is 1. The molecule has 3 heterocycles. The molecule has 0 saturated carbocycles. The summed E-state index contributed by atoms with van der Waals surface area (Å²) in [4.78, 5) is 16.7. The Hall–Kier alpha value is -2.89. The topological polar surface area (TPSA) is 38.8 Å². The van der Waals surface area contributed by atoms with Gasteiger partial charge in [-0.15, -0.1) is 11.3 Å². The highest BCUT2D eigenvalue weighted by Gasteiger charge is 2.33. The van der Waals surface area contributed by atoms with Crippen molar-refractivity contribution in [3.8, 4) is 11.5 Å². The van der Waals surface area contributed by atoms with Gasteiger partial charge in [-0.2, -0.15) is 0 Å². The molecule has 0 saturated heterocycles. The number of hydrogen-bond donors (Lipinski definition) is 0. The van der Waals surface area contributed by atoms with Crippen LogP contribution in [0.4, 0.5) is 0 Å². The minimum absolute atomic E-state index is 0.0655. The summed E-state index contributed by atoms with van der Waals surface area (Å²) in [5.41, 5.74) is 4.80. The SMILES string of the molecule is Cc1c2c(cc3c1O/C(=C\c1ccc(C(C)C)cc1)C3=O)CN(Cc1cccs1)CO2. The average molecular weight is 432 g/mol. The minimum atomic E-state index is -0.0655. The maximum atomic E-state index is 13.1. The van der Waals surface area contributed by atoms with E-state index in [0.29, 0.717) is 29.7 Å². The van der Waals surface area contributed by atoms with Crippen molar-refractivity contribution in [1.29, 1.82) is 0 Å². The molecular weight excluding hydrogens is 406 g/mol. The van der Waals surface area contributed by atoms with Gasteiger partial charge >= 0.3 is 0 Å². The maximum absolute atomic E-state index is 13.1. The number of Topliss-reactive ketones (excluding diaryl/α,β-unsaturated/α-hetero) is 1. The molecule has 2 aliphatic heterocycles. The molecule has 1 aromatic heterocycles. The summed E-state index contributed by atoms with van der Waals surface area (Å²) in [5.74, 6) is 2.25. The van der Waals surface area contributed by atoms with Crippen LogP contribution in [0.3, 0.4) is 0 Å². The Morgan fingerprint density at radius 1 is 1.16 bits per heavy atom. The molecule has 0 fully saturated rings. The first-order chi connectivity index (χ1) is 15.0. The van der Waals surface area contributed by atoms with Gasteiger partial charge in [-0.25, -0.2) is 0 Å². The van der Waals surface area contributed by atoms with Crippen LogP contribution in [0, 0.1) is 6.92 Å². The van der Waals surface area contributed by atoms with Gasteiger partial charge < -0.3 is 9.47 Å². The Kier molecular flexibility index (Phi) is 5.16. The normalized spacial score (nSPS) is 16.9. The molecule has 5 heteroatoms. The molecule has 0 N–H and O–H groups in total. The van der Waals surface area contributed by atoms with Crippen LogP contribution in [-0.4, -0.2) is 17.4 Å². The minimum Gasteiger partial charge on any atom is -0.477 e. The molecule has 158 valence electrons. The van der Waals surface area contributed by atoms with Crippen molar-refractivity contribution in [3.63, 3.8) is 0 Å². The van der Waals surface area contributed by atoms with Crippen LogP contribution in [0.25, 0.3) is 6.08 Å². The fraction of sp³-hybridized carbons (Fsp3) is 0.269. The zero-order chi connectivity index (χ0) is 21.5. The molecular formula is C26H25NO3S. The van der Waals surface area contributed by atoms with Gasteiger partial charge in [0.25, 0.3) is 0 Å². The van der Waals surface area contributed by atoms with Crippen LogP contribution < -0.4 is 9.47 Å². The van der Waals surface area contributed by atoms with E-state index in [4.69, 9.17) is 9.47 Å². The second-order valence-corrected chi connectivity index (χ2v) is 9.50.